The van der Waals surface area contributed by atoms with Gasteiger partial charge in [-0.15, -0.1) is 0 Å². The van der Waals surface area contributed by atoms with E-state index >= 15 is 0 Å². The number of ether oxygens (including phenoxy) is 6. The zero-order valence-electron chi connectivity index (χ0n) is 24.1. The Morgan fingerprint density at radius 3 is 2.49 bits per heavy atom. The molecule has 1 aliphatic heterocycles. The van der Waals surface area contributed by atoms with Gasteiger partial charge in [-0.1, -0.05) is 60.1 Å². The molecule has 4 atom stereocenters. The Labute approximate surface area is 256 Å². The number of benzene rings is 1. The molecule has 13 nitrogen and oxygen atoms in total. The summed E-state index contributed by atoms with van der Waals surface area (Å²) >= 11 is 3.12. The summed E-state index contributed by atoms with van der Waals surface area (Å²) in [5, 5.41) is 2.76. The molecule has 2 aromatic rings. The number of alkyl halides is 1. The van der Waals surface area contributed by atoms with E-state index in [4.69, 9.17) is 28.4 Å². The van der Waals surface area contributed by atoms with Crippen molar-refractivity contribution in [3.05, 3.63) is 53.9 Å². The van der Waals surface area contributed by atoms with E-state index in [9.17, 15) is 24.0 Å². The number of pyridine rings is 1. The Kier molecular flexibility index (Phi) is 12.3. The third kappa shape index (κ3) is 9.14. The number of cyclic esters (lactones) is 2. The molecule has 1 aromatic heterocycles. The lowest BCUT2D eigenvalue weighted by molar-refractivity contribution is -0.176. The highest BCUT2D eigenvalue weighted by atomic mass is 79.9. The third-order valence-corrected chi connectivity index (χ3v) is 6.58. The molecule has 0 aliphatic carbocycles. The van der Waals surface area contributed by atoms with Crippen LogP contribution >= 0.6 is 15.9 Å². The predicted octanol–water partition coefficient (Wildman–Crippen LogP) is 3.01. The monoisotopic (exact) mass is 664 g/mol. The fourth-order valence-electron chi connectivity index (χ4n) is 4.06. The van der Waals surface area contributed by atoms with Crippen molar-refractivity contribution in [3.63, 3.8) is 0 Å². The van der Waals surface area contributed by atoms with Gasteiger partial charge in [-0.05, 0) is 18.9 Å². The molecular formula is C29H33BrN2O11. The standard InChI is InChI=1S/C29H33BrN2O11/c1-16(2)26(34)42-23-17(3)41-28(36)20(15-40-27(35)19(23)14-18-8-6-5-7-9-18)32-25(33)22-24(21(38-4)10-12-31-22)43-29(37)39-13-11-30/h5-10,12,16-17,19-20,23H,11,13-15H2,1-4H3,(H,32,33). The Bertz CT molecular complexity index is 1300. The average Bonchev–Trinajstić information content (AvgIpc) is 3.02. The summed E-state index contributed by atoms with van der Waals surface area (Å²) in [6.45, 7) is 4.16. The first-order valence-electron chi connectivity index (χ1n) is 13.4. The van der Waals surface area contributed by atoms with Crippen LogP contribution in [0.1, 0.15) is 36.8 Å². The molecule has 0 bridgehead atoms. The van der Waals surface area contributed by atoms with Crippen LogP contribution in [-0.2, 0) is 39.8 Å². The molecule has 1 aliphatic rings. The maximum atomic E-state index is 13.4. The lowest BCUT2D eigenvalue weighted by atomic mass is 9.91. The molecule has 1 fully saturated rings. The molecule has 1 N–H and O–H groups in total. The van der Waals surface area contributed by atoms with Crippen LogP contribution in [0.15, 0.2) is 42.6 Å². The van der Waals surface area contributed by atoms with Crippen molar-refractivity contribution in [2.75, 3.05) is 25.7 Å². The molecule has 1 amide bonds. The van der Waals surface area contributed by atoms with E-state index in [-0.39, 0.29) is 24.5 Å². The van der Waals surface area contributed by atoms with E-state index in [1.807, 2.05) is 6.07 Å². The maximum absolute atomic E-state index is 13.4. The molecule has 3 rings (SSSR count). The van der Waals surface area contributed by atoms with Gasteiger partial charge in [0.1, 0.15) is 25.2 Å². The summed E-state index contributed by atoms with van der Waals surface area (Å²) in [6.07, 6.45) is -2.01. The molecule has 1 aromatic carbocycles. The summed E-state index contributed by atoms with van der Waals surface area (Å²) in [4.78, 5) is 68.6. The Hall–Kier alpha value is -4.20. The number of halogens is 1. The number of carbonyl (C=O) groups excluding carboxylic acids is 5. The zero-order valence-corrected chi connectivity index (χ0v) is 25.7. The van der Waals surface area contributed by atoms with Gasteiger partial charge in [-0.3, -0.25) is 14.4 Å². The number of aromatic nitrogens is 1. The second-order valence-electron chi connectivity index (χ2n) is 9.73. The van der Waals surface area contributed by atoms with Crippen molar-refractivity contribution < 1.29 is 52.4 Å². The Morgan fingerprint density at radius 1 is 1.12 bits per heavy atom. The van der Waals surface area contributed by atoms with E-state index in [2.05, 4.69) is 26.2 Å². The summed E-state index contributed by atoms with van der Waals surface area (Å²) in [5.74, 6) is -5.16. The minimum absolute atomic E-state index is 0.000846. The molecule has 14 heteroatoms. The highest BCUT2D eigenvalue weighted by molar-refractivity contribution is 9.09. The van der Waals surface area contributed by atoms with Crippen LogP contribution in [0, 0.1) is 11.8 Å². The van der Waals surface area contributed by atoms with E-state index < -0.39 is 72.4 Å². The number of amides is 1. The topological polar surface area (TPSA) is 166 Å². The van der Waals surface area contributed by atoms with Crippen LogP contribution in [0.3, 0.4) is 0 Å². The molecule has 1 saturated heterocycles. The number of hydrogen-bond donors (Lipinski definition) is 1. The zero-order chi connectivity index (χ0) is 31.5. The lowest BCUT2D eigenvalue weighted by Crippen LogP contribution is -2.47. The van der Waals surface area contributed by atoms with Crippen LogP contribution in [-0.4, -0.2) is 78.9 Å². The molecular weight excluding hydrogens is 632 g/mol. The fourth-order valence-corrected chi connectivity index (χ4v) is 4.23. The van der Waals surface area contributed by atoms with Crippen LogP contribution in [0.4, 0.5) is 4.79 Å². The second-order valence-corrected chi connectivity index (χ2v) is 10.5. The molecule has 4 unspecified atom stereocenters. The number of nitrogens with one attached hydrogen (secondary N) is 1. The highest BCUT2D eigenvalue weighted by Gasteiger charge is 2.42. The highest BCUT2D eigenvalue weighted by Crippen LogP contribution is 2.30. The van der Waals surface area contributed by atoms with Gasteiger partial charge in [0.15, 0.2) is 23.6 Å². The first-order valence-corrected chi connectivity index (χ1v) is 14.5. The second kappa shape index (κ2) is 15.9. The van der Waals surface area contributed by atoms with Crippen LogP contribution in [0.5, 0.6) is 11.5 Å². The summed E-state index contributed by atoms with van der Waals surface area (Å²) in [7, 11) is 1.29. The van der Waals surface area contributed by atoms with Crippen molar-refractivity contribution in [3.8, 4) is 11.5 Å². The van der Waals surface area contributed by atoms with Gasteiger partial charge < -0.3 is 33.7 Å². The Balaban J connectivity index is 1.88. The van der Waals surface area contributed by atoms with Gasteiger partial charge in [0.05, 0.1) is 13.0 Å². The third-order valence-electron chi connectivity index (χ3n) is 6.25. The normalized spacial score (nSPS) is 20.4. The molecule has 232 valence electrons. The number of carbonyl (C=O) groups is 5. The van der Waals surface area contributed by atoms with Gasteiger partial charge in [0, 0.05) is 17.6 Å². The minimum atomic E-state index is -1.49. The first-order chi connectivity index (χ1) is 20.5. The molecule has 0 spiro atoms. The van der Waals surface area contributed by atoms with E-state index in [0.29, 0.717) is 5.33 Å². The van der Waals surface area contributed by atoms with Gasteiger partial charge in [0.25, 0.3) is 5.91 Å². The van der Waals surface area contributed by atoms with E-state index in [1.165, 1.54) is 26.3 Å². The number of rotatable bonds is 10. The SMILES string of the molecule is COc1ccnc(C(=O)NC2COC(=O)C(Cc3ccccc3)C(OC(=O)C(C)C)C(C)OC2=O)c1OC(=O)OCCBr. The van der Waals surface area contributed by atoms with Gasteiger partial charge >= 0.3 is 24.1 Å². The van der Waals surface area contributed by atoms with Crippen molar-refractivity contribution in [1.29, 1.82) is 0 Å². The number of esters is 3. The number of hydrogen-bond acceptors (Lipinski definition) is 12. The minimum Gasteiger partial charge on any atom is -0.493 e. The van der Waals surface area contributed by atoms with Gasteiger partial charge in [0.2, 0.25) is 5.75 Å². The van der Waals surface area contributed by atoms with E-state index in [1.54, 1.807) is 38.1 Å². The molecule has 0 radical (unpaired) electrons. The van der Waals surface area contributed by atoms with E-state index in [0.717, 1.165) is 5.56 Å². The number of nitrogens with zero attached hydrogens (tertiary/aromatic N) is 1. The van der Waals surface area contributed by atoms with Crippen LogP contribution < -0.4 is 14.8 Å². The average molecular weight is 665 g/mol. The summed E-state index contributed by atoms with van der Waals surface area (Å²) in [6, 6.07) is 8.88. The van der Waals surface area contributed by atoms with Crippen molar-refractivity contribution in [1.82, 2.24) is 10.3 Å². The quantitative estimate of drug-likeness (QED) is 0.224. The fraction of sp³-hybridized carbons (Fsp3) is 0.448. The molecule has 0 saturated carbocycles. The van der Waals surface area contributed by atoms with Crippen LogP contribution in [0.2, 0.25) is 0 Å². The van der Waals surface area contributed by atoms with Crippen molar-refractivity contribution in [2.45, 2.75) is 45.4 Å². The lowest BCUT2D eigenvalue weighted by Gasteiger charge is -2.29. The maximum Gasteiger partial charge on any atom is 0.514 e. The largest absolute Gasteiger partial charge is 0.514 e. The van der Waals surface area contributed by atoms with Gasteiger partial charge in [-0.2, -0.15) is 0 Å². The van der Waals surface area contributed by atoms with Crippen molar-refractivity contribution in [2.24, 2.45) is 11.8 Å². The predicted molar refractivity (Wildman–Crippen MR) is 153 cm³/mol. The molecule has 43 heavy (non-hydrogen) atoms. The number of methoxy groups -OCH3 is 1. The summed E-state index contributed by atoms with van der Waals surface area (Å²) < 4.78 is 32.0. The van der Waals surface area contributed by atoms with Gasteiger partial charge in [-0.25, -0.2) is 14.6 Å². The molecule has 2 heterocycles. The van der Waals surface area contributed by atoms with Crippen LogP contribution in [0.25, 0.3) is 0 Å². The first kappa shape index (κ1) is 33.3. The smallest absolute Gasteiger partial charge is 0.493 e. The summed E-state index contributed by atoms with van der Waals surface area (Å²) in [5.41, 5.74) is 0.358. The Morgan fingerprint density at radius 2 is 1.84 bits per heavy atom. The van der Waals surface area contributed by atoms with Crippen molar-refractivity contribution >= 4 is 45.9 Å².